The van der Waals surface area contributed by atoms with Crippen molar-refractivity contribution in [2.45, 2.75) is 38.2 Å². The Morgan fingerprint density at radius 2 is 2.06 bits per heavy atom. The van der Waals surface area contributed by atoms with Gasteiger partial charge < -0.3 is 16.2 Å². The Kier molecular flexibility index (Phi) is 5.77. The molecule has 0 bridgehead atoms. The minimum absolute atomic E-state index is 0.132. The van der Waals surface area contributed by atoms with Crippen LogP contribution in [0.3, 0.4) is 0 Å². The monoisotopic (exact) mass is 250 g/mol. The van der Waals surface area contributed by atoms with Crippen LogP contribution in [0.2, 0.25) is 0 Å². The van der Waals surface area contributed by atoms with E-state index in [2.05, 4.69) is 5.32 Å². The van der Waals surface area contributed by atoms with Crippen LogP contribution in [0.25, 0.3) is 0 Å². The van der Waals surface area contributed by atoms with E-state index in [0.717, 1.165) is 25.7 Å². The highest BCUT2D eigenvalue weighted by atomic mass is 19.3. The number of aliphatic hydroxyl groups excluding tert-OH is 1. The average Bonchev–Trinajstić information content (AvgIpc) is 2.35. The number of halogens is 2. The lowest BCUT2D eigenvalue weighted by atomic mass is 9.79. The molecule has 1 amide bonds. The number of rotatable bonds is 5. The standard InChI is InChI=1S/C11H20F2N2O2/c12-10(13)9(16)6-15-11(17)8-4-2-1-3-7(8)5-14/h7-10,16H,1-6,14H2,(H,15,17). The Morgan fingerprint density at radius 1 is 1.41 bits per heavy atom. The van der Waals surface area contributed by atoms with E-state index in [0.29, 0.717) is 6.54 Å². The predicted octanol–water partition coefficient (Wildman–Crippen LogP) is 0.494. The van der Waals surface area contributed by atoms with Crippen LogP contribution in [-0.4, -0.2) is 36.6 Å². The van der Waals surface area contributed by atoms with Gasteiger partial charge in [0.1, 0.15) is 6.10 Å². The Morgan fingerprint density at radius 3 is 2.65 bits per heavy atom. The first kappa shape index (κ1) is 14.3. The van der Waals surface area contributed by atoms with Gasteiger partial charge in [-0.05, 0) is 25.3 Å². The molecule has 1 aliphatic rings. The van der Waals surface area contributed by atoms with Gasteiger partial charge in [-0.15, -0.1) is 0 Å². The van der Waals surface area contributed by atoms with Crippen molar-refractivity contribution >= 4 is 5.91 Å². The second kappa shape index (κ2) is 6.86. The summed E-state index contributed by atoms with van der Waals surface area (Å²) in [6, 6.07) is 0. The molecule has 0 saturated heterocycles. The van der Waals surface area contributed by atoms with Gasteiger partial charge in [0, 0.05) is 12.5 Å². The maximum absolute atomic E-state index is 12.0. The molecule has 17 heavy (non-hydrogen) atoms. The summed E-state index contributed by atoms with van der Waals surface area (Å²) < 4.78 is 24.1. The highest BCUT2D eigenvalue weighted by Crippen LogP contribution is 2.29. The van der Waals surface area contributed by atoms with E-state index in [4.69, 9.17) is 10.8 Å². The molecule has 4 N–H and O–H groups in total. The van der Waals surface area contributed by atoms with Crippen molar-refractivity contribution in [2.75, 3.05) is 13.1 Å². The molecule has 3 atom stereocenters. The second-order valence-corrected chi connectivity index (χ2v) is 4.53. The lowest BCUT2D eigenvalue weighted by molar-refractivity contribution is -0.128. The number of carbonyl (C=O) groups is 1. The molecule has 0 aliphatic heterocycles. The van der Waals surface area contributed by atoms with Gasteiger partial charge in [-0.3, -0.25) is 4.79 Å². The molecule has 1 fully saturated rings. The van der Waals surface area contributed by atoms with Crippen LogP contribution in [-0.2, 0) is 4.79 Å². The third kappa shape index (κ3) is 4.20. The number of hydrogen-bond donors (Lipinski definition) is 3. The maximum atomic E-state index is 12.0. The van der Waals surface area contributed by atoms with Crippen LogP contribution >= 0.6 is 0 Å². The van der Waals surface area contributed by atoms with Crippen LogP contribution in [0.4, 0.5) is 8.78 Å². The molecule has 0 aromatic carbocycles. The predicted molar refractivity (Wildman–Crippen MR) is 59.5 cm³/mol. The van der Waals surface area contributed by atoms with E-state index < -0.39 is 19.1 Å². The summed E-state index contributed by atoms with van der Waals surface area (Å²) in [4.78, 5) is 11.8. The molecule has 4 nitrogen and oxygen atoms in total. The minimum atomic E-state index is -2.83. The highest BCUT2D eigenvalue weighted by molar-refractivity contribution is 5.79. The van der Waals surface area contributed by atoms with Crippen molar-refractivity contribution < 1.29 is 18.7 Å². The Labute approximate surface area is 99.6 Å². The summed E-state index contributed by atoms with van der Waals surface area (Å²) in [5.74, 6) is -0.328. The van der Waals surface area contributed by atoms with Gasteiger partial charge in [-0.2, -0.15) is 0 Å². The Hall–Kier alpha value is -0.750. The van der Waals surface area contributed by atoms with Crippen LogP contribution in [0, 0.1) is 11.8 Å². The molecular formula is C11H20F2N2O2. The quantitative estimate of drug-likeness (QED) is 0.665. The van der Waals surface area contributed by atoms with E-state index >= 15 is 0 Å². The fraction of sp³-hybridized carbons (Fsp3) is 0.909. The molecule has 0 aromatic heterocycles. The first-order chi connectivity index (χ1) is 8.06. The third-order valence-electron chi connectivity index (χ3n) is 3.32. The number of hydrogen-bond acceptors (Lipinski definition) is 3. The lowest BCUT2D eigenvalue weighted by Crippen LogP contribution is -2.43. The van der Waals surface area contributed by atoms with E-state index in [1.807, 2.05) is 0 Å². The van der Waals surface area contributed by atoms with E-state index in [1.54, 1.807) is 0 Å². The summed E-state index contributed by atoms with van der Waals surface area (Å²) in [6.45, 7) is 0.0414. The largest absolute Gasteiger partial charge is 0.385 e. The van der Waals surface area contributed by atoms with Gasteiger partial charge in [0.2, 0.25) is 5.91 Å². The smallest absolute Gasteiger partial charge is 0.265 e. The molecule has 6 heteroatoms. The van der Waals surface area contributed by atoms with Gasteiger partial charge in [-0.25, -0.2) is 8.78 Å². The van der Waals surface area contributed by atoms with Gasteiger partial charge in [-0.1, -0.05) is 12.8 Å². The van der Waals surface area contributed by atoms with Crippen molar-refractivity contribution in [2.24, 2.45) is 17.6 Å². The first-order valence-corrected chi connectivity index (χ1v) is 6.00. The van der Waals surface area contributed by atoms with Crippen molar-refractivity contribution in [3.8, 4) is 0 Å². The topological polar surface area (TPSA) is 75.4 Å². The zero-order valence-corrected chi connectivity index (χ0v) is 9.74. The fourth-order valence-corrected chi connectivity index (χ4v) is 2.26. The molecule has 100 valence electrons. The maximum Gasteiger partial charge on any atom is 0.265 e. The summed E-state index contributed by atoms with van der Waals surface area (Å²) in [6.07, 6.45) is -0.937. The van der Waals surface area contributed by atoms with Gasteiger partial charge in [0.05, 0.1) is 0 Å². The highest BCUT2D eigenvalue weighted by Gasteiger charge is 2.30. The summed E-state index contributed by atoms with van der Waals surface area (Å²) in [7, 11) is 0. The molecule has 1 rings (SSSR count). The van der Waals surface area contributed by atoms with Crippen molar-refractivity contribution in [1.29, 1.82) is 0 Å². The third-order valence-corrected chi connectivity index (χ3v) is 3.32. The summed E-state index contributed by atoms with van der Waals surface area (Å²) in [5, 5.41) is 11.3. The number of alkyl halides is 2. The number of nitrogens with one attached hydrogen (secondary N) is 1. The molecule has 0 aromatic rings. The van der Waals surface area contributed by atoms with Crippen molar-refractivity contribution in [3.63, 3.8) is 0 Å². The van der Waals surface area contributed by atoms with E-state index in [-0.39, 0.29) is 17.7 Å². The molecule has 0 heterocycles. The average molecular weight is 250 g/mol. The van der Waals surface area contributed by atoms with Crippen LogP contribution < -0.4 is 11.1 Å². The van der Waals surface area contributed by atoms with Crippen LogP contribution in [0.15, 0.2) is 0 Å². The zero-order valence-electron chi connectivity index (χ0n) is 9.74. The van der Waals surface area contributed by atoms with Crippen LogP contribution in [0.5, 0.6) is 0 Å². The molecule has 0 spiro atoms. The number of nitrogens with two attached hydrogens (primary N) is 1. The molecular weight excluding hydrogens is 230 g/mol. The van der Waals surface area contributed by atoms with Crippen molar-refractivity contribution in [3.05, 3.63) is 0 Å². The normalized spacial score (nSPS) is 26.9. The van der Waals surface area contributed by atoms with Gasteiger partial charge in [0.15, 0.2) is 0 Å². The summed E-state index contributed by atoms with van der Waals surface area (Å²) in [5.41, 5.74) is 5.59. The Balaban J connectivity index is 2.40. The first-order valence-electron chi connectivity index (χ1n) is 6.00. The minimum Gasteiger partial charge on any atom is -0.385 e. The lowest BCUT2D eigenvalue weighted by Gasteiger charge is -2.29. The molecule has 1 saturated carbocycles. The molecule has 3 unspecified atom stereocenters. The number of carbonyl (C=O) groups excluding carboxylic acids is 1. The van der Waals surface area contributed by atoms with Gasteiger partial charge in [0.25, 0.3) is 6.43 Å². The Bertz CT molecular complexity index is 252. The fourth-order valence-electron chi connectivity index (χ4n) is 2.26. The SMILES string of the molecule is NCC1CCCCC1C(=O)NCC(O)C(F)F. The molecule has 1 aliphatic carbocycles. The number of amides is 1. The van der Waals surface area contributed by atoms with Crippen molar-refractivity contribution in [1.82, 2.24) is 5.32 Å². The number of aliphatic hydroxyl groups is 1. The van der Waals surface area contributed by atoms with E-state index in [9.17, 15) is 13.6 Å². The second-order valence-electron chi connectivity index (χ2n) is 4.53. The zero-order chi connectivity index (χ0) is 12.8. The van der Waals surface area contributed by atoms with E-state index in [1.165, 1.54) is 0 Å². The van der Waals surface area contributed by atoms with Crippen LogP contribution in [0.1, 0.15) is 25.7 Å². The summed E-state index contributed by atoms with van der Waals surface area (Å²) >= 11 is 0. The molecule has 0 radical (unpaired) electrons. The van der Waals surface area contributed by atoms with Gasteiger partial charge >= 0.3 is 0 Å².